The Kier molecular flexibility index (Phi) is 2.37. The summed E-state index contributed by atoms with van der Waals surface area (Å²) in [6.07, 6.45) is 3.89. The first-order valence-corrected chi connectivity index (χ1v) is 6.21. The highest BCUT2D eigenvalue weighted by Crippen LogP contribution is 2.26. The fourth-order valence-corrected chi connectivity index (χ4v) is 2.30. The standard InChI is InChI=1S/C11H6Br2N2O/c12-7-2-1-5-15-6-8(14-11(7)15)9-3-4-10(13)16-9/h1-6H. The second-order valence-corrected chi connectivity index (χ2v) is 4.95. The van der Waals surface area contributed by atoms with E-state index in [0.717, 1.165) is 21.6 Å². The lowest BCUT2D eigenvalue weighted by Gasteiger charge is -1.92. The highest BCUT2D eigenvalue weighted by atomic mass is 79.9. The first-order chi connectivity index (χ1) is 7.74. The molecule has 0 atom stereocenters. The number of rotatable bonds is 1. The number of pyridine rings is 1. The molecule has 3 aromatic rings. The Labute approximate surface area is 108 Å². The largest absolute Gasteiger partial charge is 0.448 e. The van der Waals surface area contributed by atoms with Crippen LogP contribution in [-0.4, -0.2) is 9.38 Å². The van der Waals surface area contributed by atoms with Crippen molar-refractivity contribution >= 4 is 37.5 Å². The fourth-order valence-electron chi connectivity index (χ4n) is 1.55. The average molecular weight is 342 g/mol. The lowest BCUT2D eigenvalue weighted by Crippen LogP contribution is -1.80. The molecule has 0 bridgehead atoms. The highest BCUT2D eigenvalue weighted by Gasteiger charge is 2.09. The molecule has 0 unspecified atom stereocenters. The number of halogens is 2. The zero-order valence-corrected chi connectivity index (χ0v) is 11.2. The van der Waals surface area contributed by atoms with Gasteiger partial charge < -0.3 is 8.82 Å². The second-order valence-electron chi connectivity index (χ2n) is 3.32. The molecule has 0 N–H and O–H groups in total. The van der Waals surface area contributed by atoms with Gasteiger partial charge in [0.1, 0.15) is 5.69 Å². The molecule has 3 rings (SSSR count). The molecule has 3 heterocycles. The van der Waals surface area contributed by atoms with E-state index in [1.165, 1.54) is 0 Å². The minimum absolute atomic E-state index is 0.707. The van der Waals surface area contributed by atoms with E-state index in [2.05, 4.69) is 36.8 Å². The molecule has 3 aromatic heterocycles. The monoisotopic (exact) mass is 340 g/mol. The van der Waals surface area contributed by atoms with Crippen LogP contribution < -0.4 is 0 Å². The van der Waals surface area contributed by atoms with Gasteiger partial charge >= 0.3 is 0 Å². The topological polar surface area (TPSA) is 30.4 Å². The maximum atomic E-state index is 5.46. The molecule has 0 saturated heterocycles. The van der Waals surface area contributed by atoms with Crippen LogP contribution in [0.1, 0.15) is 0 Å². The van der Waals surface area contributed by atoms with Crippen molar-refractivity contribution in [1.82, 2.24) is 9.38 Å². The van der Waals surface area contributed by atoms with E-state index < -0.39 is 0 Å². The van der Waals surface area contributed by atoms with Crippen molar-refractivity contribution in [2.24, 2.45) is 0 Å². The molecule has 5 heteroatoms. The van der Waals surface area contributed by atoms with Gasteiger partial charge in [0, 0.05) is 12.4 Å². The lowest BCUT2D eigenvalue weighted by molar-refractivity contribution is 0.554. The van der Waals surface area contributed by atoms with Crippen LogP contribution in [0, 0.1) is 0 Å². The molecule has 0 amide bonds. The predicted molar refractivity (Wildman–Crippen MR) is 68.3 cm³/mol. The minimum Gasteiger partial charge on any atom is -0.448 e. The van der Waals surface area contributed by atoms with Gasteiger partial charge in [-0.15, -0.1) is 0 Å². The van der Waals surface area contributed by atoms with Crippen LogP contribution in [0.2, 0.25) is 0 Å². The van der Waals surface area contributed by atoms with Crippen molar-refractivity contribution in [3.8, 4) is 11.5 Å². The summed E-state index contributed by atoms with van der Waals surface area (Å²) >= 11 is 6.74. The van der Waals surface area contributed by atoms with Crippen LogP contribution >= 0.6 is 31.9 Å². The van der Waals surface area contributed by atoms with E-state index in [9.17, 15) is 0 Å². The first-order valence-electron chi connectivity index (χ1n) is 4.63. The Morgan fingerprint density at radius 2 is 2.06 bits per heavy atom. The number of aromatic nitrogens is 2. The van der Waals surface area contributed by atoms with Gasteiger partial charge in [0.2, 0.25) is 0 Å². The van der Waals surface area contributed by atoms with E-state index in [4.69, 9.17) is 4.42 Å². The molecule has 3 nitrogen and oxygen atoms in total. The molecule has 0 saturated carbocycles. The lowest BCUT2D eigenvalue weighted by atomic mass is 10.4. The summed E-state index contributed by atoms with van der Waals surface area (Å²) in [6.45, 7) is 0. The van der Waals surface area contributed by atoms with Crippen LogP contribution in [0.5, 0.6) is 0 Å². The van der Waals surface area contributed by atoms with E-state index in [1.54, 1.807) is 0 Å². The van der Waals surface area contributed by atoms with Gasteiger partial charge in [-0.2, -0.15) is 0 Å². The smallest absolute Gasteiger partial charge is 0.169 e. The minimum atomic E-state index is 0.707. The summed E-state index contributed by atoms with van der Waals surface area (Å²) < 4.78 is 9.09. The normalized spacial score (nSPS) is 11.1. The maximum Gasteiger partial charge on any atom is 0.169 e. The predicted octanol–water partition coefficient (Wildman–Crippen LogP) is 4.12. The van der Waals surface area contributed by atoms with Crippen molar-refractivity contribution in [1.29, 1.82) is 0 Å². The Hall–Kier alpha value is -1.07. The van der Waals surface area contributed by atoms with Gasteiger partial charge in [-0.1, -0.05) is 0 Å². The molecule has 0 aromatic carbocycles. The number of hydrogen-bond acceptors (Lipinski definition) is 2. The zero-order valence-electron chi connectivity index (χ0n) is 8.02. The van der Waals surface area contributed by atoms with E-state index in [1.807, 2.05) is 41.1 Å². The number of imidazole rings is 1. The molecule has 16 heavy (non-hydrogen) atoms. The third-order valence-corrected chi connectivity index (χ3v) is 3.31. The number of hydrogen-bond donors (Lipinski definition) is 0. The van der Waals surface area contributed by atoms with Crippen LogP contribution in [-0.2, 0) is 0 Å². The summed E-state index contributed by atoms with van der Waals surface area (Å²) in [4.78, 5) is 4.50. The van der Waals surface area contributed by atoms with E-state index in [-0.39, 0.29) is 0 Å². The Balaban J connectivity index is 2.22. The van der Waals surface area contributed by atoms with Gasteiger partial charge in [0.25, 0.3) is 0 Å². The summed E-state index contributed by atoms with van der Waals surface area (Å²) in [7, 11) is 0. The second kappa shape index (κ2) is 3.75. The highest BCUT2D eigenvalue weighted by molar-refractivity contribution is 9.10. The van der Waals surface area contributed by atoms with Gasteiger partial charge in [0.05, 0.1) is 4.47 Å². The van der Waals surface area contributed by atoms with Crippen LogP contribution in [0.15, 0.2) is 50.2 Å². The molecular weight excluding hydrogens is 336 g/mol. The van der Waals surface area contributed by atoms with Crippen molar-refractivity contribution in [3.05, 3.63) is 45.8 Å². The quantitative estimate of drug-likeness (QED) is 0.666. The number of fused-ring (bicyclic) bond motifs is 1. The number of furan rings is 1. The maximum absolute atomic E-state index is 5.46. The molecule has 0 aliphatic carbocycles. The molecule has 0 aliphatic rings. The summed E-state index contributed by atoms with van der Waals surface area (Å²) in [5.74, 6) is 0.752. The Morgan fingerprint density at radius 3 is 2.75 bits per heavy atom. The van der Waals surface area contributed by atoms with Crippen molar-refractivity contribution in [2.75, 3.05) is 0 Å². The van der Waals surface area contributed by atoms with Gasteiger partial charge in [-0.25, -0.2) is 4.98 Å². The van der Waals surface area contributed by atoms with Crippen LogP contribution in [0.25, 0.3) is 17.1 Å². The molecule has 0 spiro atoms. The Morgan fingerprint density at radius 1 is 1.19 bits per heavy atom. The third kappa shape index (κ3) is 1.60. The first kappa shape index (κ1) is 10.1. The van der Waals surface area contributed by atoms with Gasteiger partial charge in [-0.3, -0.25) is 0 Å². The molecule has 0 aliphatic heterocycles. The summed E-state index contributed by atoms with van der Waals surface area (Å²) in [6, 6.07) is 7.67. The van der Waals surface area contributed by atoms with Gasteiger partial charge in [-0.05, 0) is 56.1 Å². The average Bonchev–Trinajstić information content (AvgIpc) is 2.84. The van der Waals surface area contributed by atoms with Crippen LogP contribution in [0.3, 0.4) is 0 Å². The van der Waals surface area contributed by atoms with Crippen molar-refractivity contribution < 1.29 is 4.42 Å². The van der Waals surface area contributed by atoms with Crippen molar-refractivity contribution in [3.63, 3.8) is 0 Å². The summed E-state index contributed by atoms with van der Waals surface area (Å²) in [5.41, 5.74) is 1.70. The molecule has 0 fully saturated rings. The summed E-state index contributed by atoms with van der Waals surface area (Å²) in [5, 5.41) is 0. The van der Waals surface area contributed by atoms with Gasteiger partial charge in [0.15, 0.2) is 16.1 Å². The SMILES string of the molecule is Brc1ccc(-c2cn3cccc(Br)c3n2)o1. The van der Waals surface area contributed by atoms with E-state index in [0.29, 0.717) is 4.67 Å². The third-order valence-electron chi connectivity index (χ3n) is 2.26. The molecule has 0 radical (unpaired) electrons. The van der Waals surface area contributed by atoms with Crippen molar-refractivity contribution in [2.45, 2.75) is 0 Å². The van der Waals surface area contributed by atoms with Crippen LogP contribution in [0.4, 0.5) is 0 Å². The molecular formula is C11H6Br2N2O. The zero-order chi connectivity index (χ0) is 11.1. The number of nitrogens with zero attached hydrogens (tertiary/aromatic N) is 2. The Bertz CT molecular complexity index is 657. The van der Waals surface area contributed by atoms with E-state index >= 15 is 0 Å². The molecule has 80 valence electrons. The fraction of sp³-hybridized carbons (Fsp3) is 0.